The predicted octanol–water partition coefficient (Wildman–Crippen LogP) is 3.00. The van der Waals surface area contributed by atoms with Crippen LogP contribution in [0.5, 0.6) is 0 Å². The number of sulfonamides is 1. The first-order chi connectivity index (χ1) is 14.6. The van der Waals surface area contributed by atoms with Gasteiger partial charge in [-0.2, -0.15) is 4.31 Å². The maximum Gasteiger partial charge on any atom is 0.243 e. The van der Waals surface area contributed by atoms with E-state index < -0.39 is 10.0 Å². The molecule has 0 aliphatic carbocycles. The van der Waals surface area contributed by atoms with E-state index >= 15 is 0 Å². The Kier molecular flexibility index (Phi) is 6.06. The molecule has 3 aromatic rings. The quantitative estimate of drug-likeness (QED) is 0.606. The Morgan fingerprint density at radius 3 is 2.23 bits per heavy atom. The van der Waals surface area contributed by atoms with Gasteiger partial charge in [0.25, 0.3) is 0 Å². The van der Waals surface area contributed by atoms with Crippen molar-refractivity contribution in [2.45, 2.75) is 24.7 Å². The number of aryl methyl sites for hydroxylation is 1. The van der Waals surface area contributed by atoms with Crippen molar-refractivity contribution in [2.75, 3.05) is 31.1 Å². The number of anilines is 1. The molecule has 1 saturated heterocycles. The molecule has 0 unspecified atom stereocenters. The molecule has 7 nitrogen and oxygen atoms in total. The summed E-state index contributed by atoms with van der Waals surface area (Å²) in [5, 5.41) is 8.60. The Morgan fingerprint density at radius 1 is 0.867 bits per heavy atom. The Bertz CT molecular complexity index is 1060. The van der Waals surface area contributed by atoms with E-state index in [4.69, 9.17) is 0 Å². The van der Waals surface area contributed by atoms with E-state index in [9.17, 15) is 8.42 Å². The molecule has 0 saturated carbocycles. The lowest BCUT2D eigenvalue weighted by Gasteiger charge is -2.34. The van der Waals surface area contributed by atoms with Gasteiger partial charge in [-0.15, -0.1) is 10.2 Å². The van der Waals surface area contributed by atoms with Crippen molar-refractivity contribution in [3.63, 3.8) is 0 Å². The molecule has 0 amide bonds. The van der Waals surface area contributed by atoms with Crippen LogP contribution in [0.4, 0.5) is 5.82 Å². The lowest BCUT2D eigenvalue weighted by Crippen LogP contribution is -2.49. The SMILES string of the molecule is CCCc1ccc(S(=O)(=O)N2CCN(c3ccc(-c4ccccn4)nn3)CC2)cc1. The van der Waals surface area contributed by atoms with Gasteiger partial charge in [0, 0.05) is 32.4 Å². The summed E-state index contributed by atoms with van der Waals surface area (Å²) in [4.78, 5) is 6.70. The molecule has 0 radical (unpaired) electrons. The smallest absolute Gasteiger partial charge is 0.243 e. The molecule has 0 spiro atoms. The van der Waals surface area contributed by atoms with Crippen LogP contribution < -0.4 is 4.90 Å². The van der Waals surface area contributed by atoms with Crippen molar-refractivity contribution >= 4 is 15.8 Å². The molecule has 0 atom stereocenters. The van der Waals surface area contributed by atoms with E-state index in [-0.39, 0.29) is 0 Å². The molecule has 8 heteroatoms. The second-order valence-electron chi connectivity index (χ2n) is 7.28. The van der Waals surface area contributed by atoms with E-state index in [0.29, 0.717) is 36.8 Å². The summed E-state index contributed by atoms with van der Waals surface area (Å²) in [5.41, 5.74) is 2.65. The maximum atomic E-state index is 13.0. The summed E-state index contributed by atoms with van der Waals surface area (Å²) >= 11 is 0. The largest absolute Gasteiger partial charge is 0.352 e. The van der Waals surface area contributed by atoms with Gasteiger partial charge in [0.15, 0.2) is 5.82 Å². The molecule has 30 heavy (non-hydrogen) atoms. The van der Waals surface area contributed by atoms with E-state index in [1.807, 2.05) is 42.5 Å². The number of benzene rings is 1. The first-order valence-electron chi connectivity index (χ1n) is 10.2. The van der Waals surface area contributed by atoms with Crippen LogP contribution in [0.2, 0.25) is 0 Å². The van der Waals surface area contributed by atoms with Crippen molar-refractivity contribution in [3.8, 4) is 11.4 Å². The molecule has 0 bridgehead atoms. The zero-order valence-corrected chi connectivity index (χ0v) is 17.8. The Morgan fingerprint density at radius 2 is 1.63 bits per heavy atom. The highest BCUT2D eigenvalue weighted by Crippen LogP contribution is 2.21. The third kappa shape index (κ3) is 4.34. The van der Waals surface area contributed by atoms with Crippen LogP contribution in [0.1, 0.15) is 18.9 Å². The van der Waals surface area contributed by atoms with Crippen molar-refractivity contribution in [3.05, 3.63) is 66.4 Å². The van der Waals surface area contributed by atoms with Gasteiger partial charge in [0.1, 0.15) is 5.69 Å². The second-order valence-corrected chi connectivity index (χ2v) is 9.21. The molecule has 0 N–H and O–H groups in total. The zero-order valence-electron chi connectivity index (χ0n) is 17.0. The van der Waals surface area contributed by atoms with Gasteiger partial charge in [0.05, 0.1) is 10.6 Å². The lowest BCUT2D eigenvalue weighted by atomic mass is 10.1. The number of aromatic nitrogens is 3. The van der Waals surface area contributed by atoms with Crippen LogP contribution in [0.15, 0.2) is 65.7 Å². The van der Waals surface area contributed by atoms with Crippen molar-refractivity contribution < 1.29 is 8.42 Å². The van der Waals surface area contributed by atoms with Crippen molar-refractivity contribution in [1.29, 1.82) is 0 Å². The molecule has 1 aromatic carbocycles. The molecule has 1 aliphatic heterocycles. The van der Waals surface area contributed by atoms with Crippen LogP contribution in [0.3, 0.4) is 0 Å². The van der Waals surface area contributed by atoms with Crippen LogP contribution >= 0.6 is 0 Å². The summed E-state index contributed by atoms with van der Waals surface area (Å²) in [6, 6.07) is 16.7. The first kappa shape index (κ1) is 20.4. The summed E-state index contributed by atoms with van der Waals surface area (Å²) in [6.45, 7) is 4.10. The van der Waals surface area contributed by atoms with E-state index in [2.05, 4.69) is 27.0 Å². The Labute approximate surface area is 177 Å². The standard InChI is InChI=1S/C22H25N5O2S/c1-2-5-18-7-9-19(10-8-18)30(28,29)27-16-14-26(15-17-27)22-12-11-21(24-25-22)20-6-3-4-13-23-20/h3-4,6-13H,2,5,14-17H2,1H3. The van der Waals surface area contributed by atoms with Crippen molar-refractivity contribution in [1.82, 2.24) is 19.5 Å². The topological polar surface area (TPSA) is 79.3 Å². The number of hydrogen-bond acceptors (Lipinski definition) is 6. The fourth-order valence-corrected chi connectivity index (χ4v) is 4.99. The van der Waals surface area contributed by atoms with Gasteiger partial charge in [-0.3, -0.25) is 4.98 Å². The van der Waals surface area contributed by atoms with E-state index in [1.165, 1.54) is 0 Å². The van der Waals surface area contributed by atoms with Crippen LogP contribution in [0, 0.1) is 0 Å². The number of hydrogen-bond donors (Lipinski definition) is 0. The molecule has 4 rings (SSSR count). The minimum atomic E-state index is -3.48. The van der Waals surface area contributed by atoms with Gasteiger partial charge in [-0.05, 0) is 48.4 Å². The zero-order chi connectivity index (χ0) is 21.0. The summed E-state index contributed by atoms with van der Waals surface area (Å²) < 4.78 is 27.5. The van der Waals surface area contributed by atoms with Crippen LogP contribution in [0.25, 0.3) is 11.4 Å². The summed E-state index contributed by atoms with van der Waals surface area (Å²) in [6.07, 6.45) is 3.72. The first-order valence-corrected chi connectivity index (χ1v) is 11.6. The minimum absolute atomic E-state index is 0.357. The van der Waals surface area contributed by atoms with Gasteiger partial charge >= 0.3 is 0 Å². The number of pyridine rings is 1. The normalized spacial score (nSPS) is 15.3. The number of piperazine rings is 1. The average Bonchev–Trinajstić information content (AvgIpc) is 2.80. The van der Waals surface area contributed by atoms with Crippen molar-refractivity contribution in [2.24, 2.45) is 0 Å². The molecule has 2 aromatic heterocycles. The Hall–Kier alpha value is -2.84. The molecular formula is C22H25N5O2S. The predicted molar refractivity (Wildman–Crippen MR) is 117 cm³/mol. The number of nitrogens with zero attached hydrogens (tertiary/aromatic N) is 5. The van der Waals surface area contributed by atoms with E-state index in [0.717, 1.165) is 29.9 Å². The fraction of sp³-hybridized carbons (Fsp3) is 0.318. The molecule has 1 fully saturated rings. The van der Waals surface area contributed by atoms with Gasteiger partial charge in [-0.25, -0.2) is 8.42 Å². The second kappa shape index (κ2) is 8.89. The molecular weight excluding hydrogens is 398 g/mol. The highest BCUT2D eigenvalue weighted by molar-refractivity contribution is 7.89. The maximum absolute atomic E-state index is 13.0. The summed E-state index contributed by atoms with van der Waals surface area (Å²) in [7, 11) is -3.48. The monoisotopic (exact) mass is 423 g/mol. The third-order valence-electron chi connectivity index (χ3n) is 5.24. The molecule has 156 valence electrons. The van der Waals surface area contributed by atoms with Gasteiger partial charge in [-0.1, -0.05) is 31.5 Å². The Balaban J connectivity index is 1.40. The highest BCUT2D eigenvalue weighted by Gasteiger charge is 2.29. The molecule has 1 aliphatic rings. The van der Waals surface area contributed by atoms with Gasteiger partial charge < -0.3 is 4.90 Å². The highest BCUT2D eigenvalue weighted by atomic mass is 32.2. The lowest BCUT2D eigenvalue weighted by molar-refractivity contribution is 0.383. The molecule has 3 heterocycles. The fourth-order valence-electron chi connectivity index (χ4n) is 3.57. The summed E-state index contributed by atoms with van der Waals surface area (Å²) in [5.74, 6) is 0.746. The number of rotatable bonds is 6. The van der Waals surface area contributed by atoms with Crippen LogP contribution in [-0.4, -0.2) is 54.1 Å². The minimum Gasteiger partial charge on any atom is -0.352 e. The van der Waals surface area contributed by atoms with Crippen LogP contribution in [-0.2, 0) is 16.4 Å². The third-order valence-corrected chi connectivity index (χ3v) is 7.15. The van der Waals surface area contributed by atoms with Gasteiger partial charge in [0.2, 0.25) is 10.0 Å². The van der Waals surface area contributed by atoms with E-state index in [1.54, 1.807) is 22.6 Å². The average molecular weight is 424 g/mol.